The lowest BCUT2D eigenvalue weighted by molar-refractivity contribution is 0.0118. The van der Waals surface area contributed by atoms with E-state index >= 15 is 0 Å². The van der Waals surface area contributed by atoms with E-state index in [-0.39, 0.29) is 0 Å². The molecule has 4 nitrogen and oxygen atoms in total. The van der Waals surface area contributed by atoms with Gasteiger partial charge in [-0.3, -0.25) is 4.68 Å². The second-order valence-corrected chi connectivity index (χ2v) is 4.78. The van der Waals surface area contributed by atoms with Gasteiger partial charge in [0, 0.05) is 24.3 Å². The number of hydrogen-bond donors (Lipinski definition) is 1. The molecule has 1 saturated carbocycles. The average Bonchev–Trinajstić information content (AvgIpc) is 2.85. The van der Waals surface area contributed by atoms with Gasteiger partial charge in [-0.25, -0.2) is 0 Å². The Morgan fingerprint density at radius 1 is 1.41 bits per heavy atom. The zero-order valence-corrected chi connectivity index (χ0v) is 10.9. The van der Waals surface area contributed by atoms with Crippen molar-refractivity contribution in [1.29, 1.82) is 0 Å². The lowest BCUT2D eigenvalue weighted by Gasteiger charge is -2.28. The first-order chi connectivity index (χ1) is 8.31. The highest BCUT2D eigenvalue weighted by atomic mass is 16.5. The van der Waals surface area contributed by atoms with Crippen LogP contribution in [-0.4, -0.2) is 29.0 Å². The molecule has 1 aromatic rings. The highest BCUT2D eigenvalue weighted by Gasteiger charge is 2.20. The van der Waals surface area contributed by atoms with Crippen molar-refractivity contribution in [2.75, 3.05) is 7.05 Å². The largest absolute Gasteiger partial charge is 0.373 e. The van der Waals surface area contributed by atoms with Crippen LogP contribution in [0.3, 0.4) is 0 Å². The molecule has 96 valence electrons. The number of hydrogen-bond acceptors (Lipinski definition) is 3. The number of nitrogens with zero attached hydrogens (tertiary/aromatic N) is 2. The molecule has 1 aliphatic rings. The third-order valence-corrected chi connectivity index (χ3v) is 3.58. The lowest BCUT2D eigenvalue weighted by Crippen LogP contribution is -2.32. The Labute approximate surface area is 103 Å². The quantitative estimate of drug-likeness (QED) is 0.850. The van der Waals surface area contributed by atoms with E-state index in [4.69, 9.17) is 4.74 Å². The summed E-state index contributed by atoms with van der Waals surface area (Å²) in [7, 11) is 2.05. The zero-order chi connectivity index (χ0) is 12.1. The molecule has 4 heteroatoms. The first kappa shape index (κ1) is 12.6. The van der Waals surface area contributed by atoms with Crippen molar-refractivity contribution in [3.05, 3.63) is 18.0 Å². The van der Waals surface area contributed by atoms with Gasteiger partial charge in [0.15, 0.2) is 0 Å². The number of aromatic nitrogens is 2. The molecule has 17 heavy (non-hydrogen) atoms. The smallest absolute Gasteiger partial charge is 0.0751 e. The summed E-state index contributed by atoms with van der Waals surface area (Å²) < 4.78 is 7.88. The fourth-order valence-electron chi connectivity index (χ4n) is 2.39. The predicted octanol–water partition coefficient (Wildman–Crippen LogP) is 1.95. The van der Waals surface area contributed by atoms with Crippen LogP contribution in [0, 0.1) is 0 Å². The van der Waals surface area contributed by atoms with Crippen molar-refractivity contribution < 1.29 is 4.74 Å². The summed E-state index contributed by atoms with van der Waals surface area (Å²) >= 11 is 0. The highest BCUT2D eigenvalue weighted by molar-refractivity contribution is 5.01. The van der Waals surface area contributed by atoms with Crippen LogP contribution in [0.1, 0.15) is 38.2 Å². The van der Waals surface area contributed by atoms with E-state index in [2.05, 4.69) is 23.5 Å². The second kappa shape index (κ2) is 6.17. The maximum Gasteiger partial charge on any atom is 0.0751 e. The van der Waals surface area contributed by atoms with Gasteiger partial charge < -0.3 is 10.1 Å². The molecule has 0 spiro atoms. The summed E-state index contributed by atoms with van der Waals surface area (Å²) in [6.45, 7) is 3.72. The van der Waals surface area contributed by atoms with Crippen LogP contribution in [0.25, 0.3) is 0 Å². The summed E-state index contributed by atoms with van der Waals surface area (Å²) in [5.74, 6) is 0. The Bertz CT molecular complexity index is 329. The summed E-state index contributed by atoms with van der Waals surface area (Å²) in [6.07, 6.45) is 9.22. The Morgan fingerprint density at radius 2 is 2.18 bits per heavy atom. The third kappa shape index (κ3) is 3.54. The van der Waals surface area contributed by atoms with Crippen molar-refractivity contribution >= 4 is 0 Å². The molecule has 1 aromatic heterocycles. The molecule has 0 bridgehead atoms. The highest BCUT2D eigenvalue weighted by Crippen LogP contribution is 2.21. The first-order valence-electron chi connectivity index (χ1n) is 6.62. The molecule has 0 radical (unpaired) electrons. The Kier molecular flexibility index (Phi) is 4.57. The van der Waals surface area contributed by atoms with E-state index in [0.717, 1.165) is 6.54 Å². The predicted molar refractivity (Wildman–Crippen MR) is 67.8 cm³/mol. The molecule has 1 aliphatic carbocycles. The molecule has 0 aromatic carbocycles. The molecule has 1 N–H and O–H groups in total. The standard InChI is InChI=1S/C13H23N3O/c1-3-16-9-11(8-15-16)10-17-13-6-4-12(14-2)5-7-13/h8-9,12-14H,3-7,10H2,1-2H3. The van der Waals surface area contributed by atoms with Gasteiger partial charge in [0.05, 0.1) is 18.9 Å². The van der Waals surface area contributed by atoms with Gasteiger partial charge in [-0.2, -0.15) is 5.10 Å². The van der Waals surface area contributed by atoms with Crippen LogP contribution in [-0.2, 0) is 17.9 Å². The van der Waals surface area contributed by atoms with Crippen LogP contribution < -0.4 is 5.32 Å². The van der Waals surface area contributed by atoms with E-state index in [1.165, 1.54) is 31.2 Å². The van der Waals surface area contributed by atoms with Crippen molar-refractivity contribution in [2.24, 2.45) is 0 Å². The fraction of sp³-hybridized carbons (Fsp3) is 0.769. The monoisotopic (exact) mass is 237 g/mol. The Hall–Kier alpha value is -0.870. The van der Waals surface area contributed by atoms with Gasteiger partial charge in [-0.05, 0) is 39.7 Å². The molecule has 2 rings (SSSR count). The third-order valence-electron chi connectivity index (χ3n) is 3.58. The van der Waals surface area contributed by atoms with Gasteiger partial charge in [0.1, 0.15) is 0 Å². The Balaban J connectivity index is 1.72. The maximum absolute atomic E-state index is 5.94. The molecular formula is C13H23N3O. The van der Waals surface area contributed by atoms with Crippen LogP contribution in [0.4, 0.5) is 0 Å². The lowest BCUT2D eigenvalue weighted by atomic mass is 9.93. The summed E-state index contributed by atoms with van der Waals surface area (Å²) in [4.78, 5) is 0. The minimum Gasteiger partial charge on any atom is -0.373 e. The van der Waals surface area contributed by atoms with E-state index in [0.29, 0.717) is 18.8 Å². The van der Waals surface area contributed by atoms with Crippen molar-refractivity contribution in [1.82, 2.24) is 15.1 Å². The molecule has 1 fully saturated rings. The van der Waals surface area contributed by atoms with E-state index < -0.39 is 0 Å². The number of nitrogens with one attached hydrogen (secondary N) is 1. The van der Waals surface area contributed by atoms with Crippen molar-refractivity contribution in [2.45, 2.75) is 57.9 Å². The van der Waals surface area contributed by atoms with E-state index in [1.54, 1.807) is 0 Å². The number of ether oxygens (including phenoxy) is 1. The van der Waals surface area contributed by atoms with Gasteiger partial charge in [0.2, 0.25) is 0 Å². The number of aryl methyl sites for hydroxylation is 1. The van der Waals surface area contributed by atoms with Crippen LogP contribution in [0.15, 0.2) is 12.4 Å². The molecule has 0 atom stereocenters. The van der Waals surface area contributed by atoms with E-state index in [9.17, 15) is 0 Å². The number of rotatable bonds is 5. The Morgan fingerprint density at radius 3 is 2.76 bits per heavy atom. The SMILES string of the molecule is CCn1cc(COC2CCC(NC)CC2)cn1. The molecule has 0 aliphatic heterocycles. The van der Waals surface area contributed by atoms with Crippen LogP contribution >= 0.6 is 0 Å². The van der Waals surface area contributed by atoms with Gasteiger partial charge in [0.25, 0.3) is 0 Å². The minimum absolute atomic E-state index is 0.435. The minimum atomic E-state index is 0.435. The van der Waals surface area contributed by atoms with Gasteiger partial charge >= 0.3 is 0 Å². The van der Waals surface area contributed by atoms with Crippen LogP contribution in [0.5, 0.6) is 0 Å². The topological polar surface area (TPSA) is 39.1 Å². The fourth-order valence-corrected chi connectivity index (χ4v) is 2.39. The van der Waals surface area contributed by atoms with Gasteiger partial charge in [-0.1, -0.05) is 0 Å². The van der Waals surface area contributed by atoms with Gasteiger partial charge in [-0.15, -0.1) is 0 Å². The normalized spacial score (nSPS) is 25.1. The average molecular weight is 237 g/mol. The second-order valence-electron chi connectivity index (χ2n) is 4.78. The van der Waals surface area contributed by atoms with Crippen molar-refractivity contribution in [3.8, 4) is 0 Å². The molecular weight excluding hydrogens is 214 g/mol. The van der Waals surface area contributed by atoms with Crippen molar-refractivity contribution in [3.63, 3.8) is 0 Å². The van der Waals surface area contributed by atoms with E-state index in [1.807, 2.05) is 17.9 Å². The molecule has 1 heterocycles. The first-order valence-corrected chi connectivity index (χ1v) is 6.62. The summed E-state index contributed by atoms with van der Waals surface area (Å²) in [5, 5.41) is 7.59. The summed E-state index contributed by atoms with van der Waals surface area (Å²) in [5.41, 5.74) is 1.18. The molecule has 0 amide bonds. The zero-order valence-electron chi connectivity index (χ0n) is 10.9. The maximum atomic E-state index is 5.94. The summed E-state index contributed by atoms with van der Waals surface area (Å²) in [6, 6.07) is 0.692. The molecule has 0 saturated heterocycles. The van der Waals surface area contributed by atoms with Crippen LogP contribution in [0.2, 0.25) is 0 Å². The molecule has 0 unspecified atom stereocenters.